The van der Waals surface area contributed by atoms with Gasteiger partial charge in [0, 0.05) is 17.9 Å². The molecule has 1 N–H and O–H groups in total. The van der Waals surface area contributed by atoms with Crippen LogP contribution in [-0.4, -0.2) is 41.9 Å². The van der Waals surface area contributed by atoms with Gasteiger partial charge in [-0.2, -0.15) is 0 Å². The first kappa shape index (κ1) is 19.1. The molecule has 1 unspecified atom stereocenters. The molecular weight excluding hydrogens is 412 g/mol. The van der Waals surface area contributed by atoms with E-state index in [0.717, 1.165) is 10.0 Å². The van der Waals surface area contributed by atoms with Crippen molar-refractivity contribution in [2.24, 2.45) is 0 Å². The number of cyclic esters (lactones) is 1. The first-order valence-electron chi connectivity index (χ1n) is 8.41. The number of fused-ring (bicyclic) bond motifs is 1. The van der Waals surface area contributed by atoms with Crippen molar-refractivity contribution < 1.29 is 19.1 Å². The molecule has 1 aliphatic rings. The second-order valence-corrected chi connectivity index (χ2v) is 7.50. The minimum Gasteiger partial charge on any atom is -0.445 e. The smallest absolute Gasteiger partial charge is 0.339 e. The topological polar surface area (TPSA) is 75.7 Å². The number of anilines is 1. The average Bonchev–Trinajstić information content (AvgIpc) is 2.62. The molecule has 0 aliphatic carbocycles. The fourth-order valence-corrected chi connectivity index (χ4v) is 3.48. The van der Waals surface area contributed by atoms with Gasteiger partial charge in [0.15, 0.2) is 5.60 Å². The van der Waals surface area contributed by atoms with Crippen molar-refractivity contribution >= 4 is 39.4 Å². The predicted molar refractivity (Wildman–Crippen MR) is 104 cm³/mol. The van der Waals surface area contributed by atoms with E-state index < -0.39 is 17.5 Å². The van der Waals surface area contributed by atoms with Crippen molar-refractivity contribution in [2.45, 2.75) is 18.9 Å². The van der Waals surface area contributed by atoms with Gasteiger partial charge in [0.25, 0.3) is 5.91 Å². The molecule has 0 radical (unpaired) electrons. The molecule has 6 nitrogen and oxygen atoms in total. The molecule has 2 aromatic carbocycles. The lowest BCUT2D eigenvalue weighted by Gasteiger charge is -2.35. The number of halogens is 1. The Labute approximate surface area is 165 Å². The number of para-hydroxylation sites is 1. The van der Waals surface area contributed by atoms with E-state index in [1.54, 1.807) is 37.3 Å². The van der Waals surface area contributed by atoms with E-state index in [4.69, 9.17) is 4.74 Å². The monoisotopic (exact) mass is 430 g/mol. The van der Waals surface area contributed by atoms with Crippen molar-refractivity contribution in [3.05, 3.63) is 64.1 Å². The number of hydrogen-bond acceptors (Lipinski definition) is 4. The highest BCUT2D eigenvalue weighted by Gasteiger charge is 2.44. The van der Waals surface area contributed by atoms with E-state index in [0.29, 0.717) is 11.3 Å². The van der Waals surface area contributed by atoms with Crippen LogP contribution in [-0.2, 0) is 20.7 Å². The van der Waals surface area contributed by atoms with E-state index >= 15 is 0 Å². The number of likely N-dealkylation sites (N-methyl/N-ethyl adjacent to an activating group) is 1. The Morgan fingerprint density at radius 3 is 2.59 bits per heavy atom. The second kappa shape index (κ2) is 7.52. The third-order valence-electron chi connectivity index (χ3n) is 4.41. The number of nitrogens with zero attached hydrogens (tertiary/aromatic N) is 1. The summed E-state index contributed by atoms with van der Waals surface area (Å²) in [6, 6.07) is 14.3. The standard InChI is InChI=1S/C20H19BrN2O4/c1-20(11-13-7-3-4-8-14(13)18(25)27-20)19(26)23(2)12-17(24)22-16-10-6-5-9-15(16)21/h3-10H,11-12H2,1-2H3,(H,22,24). The van der Waals surface area contributed by atoms with Crippen LogP contribution in [0.15, 0.2) is 53.0 Å². The summed E-state index contributed by atoms with van der Waals surface area (Å²) in [6.07, 6.45) is 0.268. The molecule has 0 spiro atoms. The predicted octanol–water partition coefficient (Wildman–Crippen LogP) is 3.02. The summed E-state index contributed by atoms with van der Waals surface area (Å²) in [5.74, 6) is -1.30. The van der Waals surface area contributed by atoms with Crippen LogP contribution < -0.4 is 5.32 Å². The summed E-state index contributed by atoms with van der Waals surface area (Å²) < 4.78 is 6.18. The number of ether oxygens (including phenoxy) is 1. The van der Waals surface area contributed by atoms with Crippen LogP contribution in [0.3, 0.4) is 0 Å². The molecular formula is C20H19BrN2O4. The summed E-state index contributed by atoms with van der Waals surface area (Å²) in [6.45, 7) is 1.42. The number of benzene rings is 2. The van der Waals surface area contributed by atoms with E-state index in [1.807, 2.05) is 18.2 Å². The van der Waals surface area contributed by atoms with Crippen LogP contribution >= 0.6 is 15.9 Å². The van der Waals surface area contributed by atoms with E-state index in [2.05, 4.69) is 21.2 Å². The molecule has 1 atom stereocenters. The summed E-state index contributed by atoms with van der Waals surface area (Å²) >= 11 is 3.36. The molecule has 0 fully saturated rings. The fourth-order valence-electron chi connectivity index (χ4n) is 3.10. The van der Waals surface area contributed by atoms with E-state index in [9.17, 15) is 14.4 Å². The van der Waals surface area contributed by atoms with Crippen LogP contribution in [0.5, 0.6) is 0 Å². The van der Waals surface area contributed by atoms with Gasteiger partial charge in [0.05, 0.1) is 17.8 Å². The zero-order valence-electron chi connectivity index (χ0n) is 15.0. The SMILES string of the molecule is CN(CC(=O)Nc1ccccc1Br)C(=O)C1(C)Cc2ccccc2C(=O)O1. The van der Waals surface area contributed by atoms with Crippen LogP contribution in [0.4, 0.5) is 5.69 Å². The Balaban J connectivity index is 1.69. The van der Waals surface area contributed by atoms with Crippen molar-refractivity contribution in [2.75, 3.05) is 18.9 Å². The normalized spacial score (nSPS) is 18.3. The summed E-state index contributed by atoms with van der Waals surface area (Å²) in [5, 5.41) is 2.75. The van der Waals surface area contributed by atoms with Crippen molar-refractivity contribution in [1.82, 2.24) is 4.90 Å². The molecule has 0 saturated heterocycles. The van der Waals surface area contributed by atoms with Crippen LogP contribution in [0.2, 0.25) is 0 Å². The molecule has 1 heterocycles. The summed E-state index contributed by atoms with van der Waals surface area (Å²) in [4.78, 5) is 38.7. The minimum absolute atomic E-state index is 0.158. The lowest BCUT2D eigenvalue weighted by atomic mass is 9.89. The van der Waals surface area contributed by atoms with E-state index in [-0.39, 0.29) is 18.9 Å². The first-order chi connectivity index (χ1) is 12.8. The number of hydrogen-bond donors (Lipinski definition) is 1. The molecule has 3 rings (SSSR count). The quantitative estimate of drug-likeness (QED) is 0.756. The highest BCUT2D eigenvalue weighted by Crippen LogP contribution is 2.29. The largest absolute Gasteiger partial charge is 0.445 e. The number of carbonyl (C=O) groups is 3. The van der Waals surface area contributed by atoms with Gasteiger partial charge in [0.1, 0.15) is 0 Å². The van der Waals surface area contributed by atoms with Crippen molar-refractivity contribution in [3.63, 3.8) is 0 Å². The molecule has 0 aromatic heterocycles. The molecule has 0 bridgehead atoms. The number of rotatable bonds is 4. The molecule has 27 heavy (non-hydrogen) atoms. The van der Waals surface area contributed by atoms with Crippen molar-refractivity contribution in [1.29, 1.82) is 0 Å². The van der Waals surface area contributed by atoms with Gasteiger partial charge >= 0.3 is 5.97 Å². The Kier molecular flexibility index (Phi) is 5.32. The van der Waals surface area contributed by atoms with Crippen LogP contribution in [0.25, 0.3) is 0 Å². The highest BCUT2D eigenvalue weighted by molar-refractivity contribution is 9.10. The zero-order chi connectivity index (χ0) is 19.6. The summed E-state index contributed by atoms with van der Waals surface area (Å²) in [5.41, 5.74) is 0.508. The maximum absolute atomic E-state index is 12.9. The van der Waals surface area contributed by atoms with Crippen LogP contribution in [0.1, 0.15) is 22.8 Å². The van der Waals surface area contributed by atoms with Gasteiger partial charge < -0.3 is 15.0 Å². The van der Waals surface area contributed by atoms with Gasteiger partial charge in [-0.1, -0.05) is 30.3 Å². The van der Waals surface area contributed by atoms with Gasteiger partial charge in [-0.15, -0.1) is 0 Å². The van der Waals surface area contributed by atoms with Gasteiger partial charge in [-0.25, -0.2) is 4.79 Å². The maximum Gasteiger partial charge on any atom is 0.339 e. The number of carbonyl (C=O) groups excluding carboxylic acids is 3. The van der Waals surface area contributed by atoms with Crippen molar-refractivity contribution in [3.8, 4) is 0 Å². The number of amides is 2. The van der Waals surface area contributed by atoms with Gasteiger partial charge in [0.2, 0.25) is 5.91 Å². The van der Waals surface area contributed by atoms with Gasteiger partial charge in [-0.3, -0.25) is 9.59 Å². The molecule has 2 amide bonds. The summed E-state index contributed by atoms with van der Waals surface area (Å²) in [7, 11) is 1.52. The Bertz CT molecular complexity index is 914. The minimum atomic E-state index is -1.34. The number of esters is 1. The maximum atomic E-state index is 12.9. The van der Waals surface area contributed by atoms with Crippen LogP contribution in [0, 0.1) is 0 Å². The molecule has 0 saturated carbocycles. The molecule has 140 valence electrons. The molecule has 2 aromatic rings. The zero-order valence-corrected chi connectivity index (χ0v) is 16.6. The Morgan fingerprint density at radius 1 is 1.19 bits per heavy atom. The Hall–Kier alpha value is -2.67. The first-order valence-corrected chi connectivity index (χ1v) is 9.21. The molecule has 1 aliphatic heterocycles. The third-order valence-corrected chi connectivity index (χ3v) is 5.10. The fraction of sp³-hybridized carbons (Fsp3) is 0.250. The highest BCUT2D eigenvalue weighted by atomic mass is 79.9. The van der Waals surface area contributed by atoms with Gasteiger partial charge in [-0.05, 0) is 46.6 Å². The van der Waals surface area contributed by atoms with E-state index in [1.165, 1.54) is 11.9 Å². The average molecular weight is 431 g/mol. The Morgan fingerprint density at radius 2 is 1.85 bits per heavy atom. The number of nitrogens with one attached hydrogen (secondary N) is 1. The lowest BCUT2D eigenvalue weighted by molar-refractivity contribution is -0.151. The lowest BCUT2D eigenvalue weighted by Crippen LogP contribution is -2.53. The third kappa shape index (κ3) is 4.03. The second-order valence-electron chi connectivity index (χ2n) is 6.64. The molecule has 7 heteroatoms.